The Kier molecular flexibility index (Phi) is 6.92. The SMILES string of the molecule is CCOC1(CCC=O)CCN(C(=O)OCc2ccccc2)C(=C=O)C1. The molecule has 1 atom stereocenters. The minimum atomic E-state index is -0.599. The minimum Gasteiger partial charge on any atom is -0.444 e. The van der Waals surface area contributed by atoms with E-state index in [1.165, 1.54) is 4.90 Å². The first-order valence-electron chi connectivity index (χ1n) is 8.44. The lowest BCUT2D eigenvalue weighted by Crippen LogP contribution is -2.47. The Morgan fingerprint density at radius 2 is 2.12 bits per heavy atom. The fraction of sp³-hybridized carbons (Fsp3) is 0.474. The van der Waals surface area contributed by atoms with E-state index in [0.29, 0.717) is 32.4 Å². The molecule has 6 heteroatoms. The van der Waals surface area contributed by atoms with Crippen molar-refractivity contribution in [1.29, 1.82) is 0 Å². The van der Waals surface area contributed by atoms with E-state index in [9.17, 15) is 14.4 Å². The van der Waals surface area contributed by atoms with Crippen LogP contribution in [0.4, 0.5) is 4.79 Å². The van der Waals surface area contributed by atoms with Gasteiger partial charge in [-0.3, -0.25) is 4.90 Å². The highest BCUT2D eigenvalue weighted by Crippen LogP contribution is 2.35. The molecule has 1 aromatic rings. The number of likely N-dealkylation sites (tertiary alicyclic amines) is 1. The van der Waals surface area contributed by atoms with E-state index in [-0.39, 0.29) is 18.7 Å². The van der Waals surface area contributed by atoms with E-state index in [4.69, 9.17) is 9.47 Å². The third-order valence-electron chi connectivity index (χ3n) is 4.32. The number of rotatable bonds is 7. The molecule has 1 aliphatic rings. The predicted molar refractivity (Wildman–Crippen MR) is 91.4 cm³/mol. The number of aldehydes is 1. The molecule has 0 aliphatic carbocycles. The van der Waals surface area contributed by atoms with Crippen LogP contribution in [0, 0.1) is 0 Å². The van der Waals surface area contributed by atoms with E-state index in [1.54, 1.807) is 0 Å². The highest BCUT2D eigenvalue weighted by Gasteiger charge is 2.40. The first-order valence-corrected chi connectivity index (χ1v) is 8.44. The average Bonchev–Trinajstić information content (AvgIpc) is 2.65. The molecule has 25 heavy (non-hydrogen) atoms. The standard InChI is InChI=1S/C19H23NO5/c1-2-25-19(9-6-12-21)10-11-20(17(13-19)14-22)18(23)24-15-16-7-4-3-5-8-16/h3-5,7-8,12H,2,6,9-11,13,15H2,1H3. The molecule has 0 bridgehead atoms. The van der Waals surface area contributed by atoms with Crippen molar-refractivity contribution in [2.75, 3.05) is 13.2 Å². The molecule has 0 aromatic heterocycles. The number of amides is 1. The maximum Gasteiger partial charge on any atom is 0.414 e. The Labute approximate surface area is 147 Å². The number of nitrogens with zero attached hydrogens (tertiary/aromatic N) is 1. The Balaban J connectivity index is 2.02. The van der Waals surface area contributed by atoms with E-state index >= 15 is 0 Å². The van der Waals surface area contributed by atoms with Crippen LogP contribution in [0.2, 0.25) is 0 Å². The van der Waals surface area contributed by atoms with Crippen molar-refractivity contribution in [3.05, 3.63) is 41.6 Å². The van der Waals surface area contributed by atoms with Gasteiger partial charge < -0.3 is 14.3 Å². The van der Waals surface area contributed by atoms with Crippen LogP contribution in [-0.2, 0) is 25.7 Å². The average molecular weight is 345 g/mol. The van der Waals surface area contributed by atoms with Crippen LogP contribution in [0.25, 0.3) is 0 Å². The van der Waals surface area contributed by atoms with Gasteiger partial charge in [-0.1, -0.05) is 30.3 Å². The molecule has 0 spiro atoms. The number of piperidine rings is 1. The molecule has 0 radical (unpaired) electrons. The van der Waals surface area contributed by atoms with E-state index in [2.05, 4.69) is 0 Å². The maximum absolute atomic E-state index is 12.3. The molecule has 1 aliphatic heterocycles. The van der Waals surface area contributed by atoms with Crippen LogP contribution in [0.5, 0.6) is 0 Å². The van der Waals surface area contributed by atoms with Crippen molar-refractivity contribution < 1.29 is 23.9 Å². The lowest BCUT2D eigenvalue weighted by atomic mass is 9.85. The molecule has 134 valence electrons. The van der Waals surface area contributed by atoms with Crippen molar-refractivity contribution in [3.63, 3.8) is 0 Å². The third kappa shape index (κ3) is 5.02. The zero-order valence-electron chi connectivity index (χ0n) is 14.4. The van der Waals surface area contributed by atoms with Gasteiger partial charge in [-0.2, -0.15) is 0 Å². The Bertz CT molecular complexity index is 638. The number of ether oxygens (including phenoxy) is 2. The number of carbonyl (C=O) groups is 2. The van der Waals surface area contributed by atoms with Gasteiger partial charge in [0.15, 0.2) is 0 Å². The second-order valence-corrected chi connectivity index (χ2v) is 5.99. The summed E-state index contributed by atoms with van der Waals surface area (Å²) < 4.78 is 11.1. The molecular formula is C19H23NO5. The fourth-order valence-corrected chi connectivity index (χ4v) is 3.07. The van der Waals surface area contributed by atoms with Gasteiger partial charge in [0.25, 0.3) is 0 Å². The summed E-state index contributed by atoms with van der Waals surface area (Å²) >= 11 is 0. The molecule has 1 fully saturated rings. The molecule has 1 heterocycles. The molecule has 2 rings (SSSR count). The van der Waals surface area contributed by atoms with Crippen LogP contribution in [0.1, 0.15) is 38.2 Å². The molecule has 0 saturated carbocycles. The highest BCUT2D eigenvalue weighted by molar-refractivity contribution is 5.74. The molecule has 0 N–H and O–H groups in total. The number of benzene rings is 1. The highest BCUT2D eigenvalue weighted by atomic mass is 16.6. The smallest absolute Gasteiger partial charge is 0.414 e. The minimum absolute atomic E-state index is 0.143. The molecule has 1 aromatic carbocycles. The van der Waals surface area contributed by atoms with Crippen molar-refractivity contribution in [3.8, 4) is 0 Å². The molecular weight excluding hydrogens is 322 g/mol. The molecule has 1 saturated heterocycles. The van der Waals surface area contributed by atoms with Crippen molar-refractivity contribution in [1.82, 2.24) is 4.90 Å². The van der Waals surface area contributed by atoms with Crippen LogP contribution < -0.4 is 0 Å². The van der Waals surface area contributed by atoms with Gasteiger partial charge in [0.1, 0.15) is 24.5 Å². The van der Waals surface area contributed by atoms with Gasteiger partial charge in [-0.05, 0) is 25.3 Å². The summed E-state index contributed by atoms with van der Waals surface area (Å²) in [5.74, 6) is 1.85. The van der Waals surface area contributed by atoms with Gasteiger partial charge in [-0.25, -0.2) is 9.59 Å². The van der Waals surface area contributed by atoms with E-state index in [0.717, 1.165) is 11.8 Å². The summed E-state index contributed by atoms with van der Waals surface area (Å²) in [5.41, 5.74) is 0.487. The second kappa shape index (κ2) is 9.16. The third-order valence-corrected chi connectivity index (χ3v) is 4.32. The van der Waals surface area contributed by atoms with E-state index in [1.807, 2.05) is 43.2 Å². The van der Waals surface area contributed by atoms with Crippen LogP contribution in [-0.4, -0.2) is 42.0 Å². The van der Waals surface area contributed by atoms with Gasteiger partial charge >= 0.3 is 6.09 Å². The van der Waals surface area contributed by atoms with Crippen LogP contribution in [0.15, 0.2) is 36.0 Å². The second-order valence-electron chi connectivity index (χ2n) is 5.99. The zero-order chi connectivity index (χ0) is 18.1. The van der Waals surface area contributed by atoms with Crippen molar-refractivity contribution >= 4 is 18.3 Å². The predicted octanol–water partition coefficient (Wildman–Crippen LogP) is 2.89. The summed E-state index contributed by atoms with van der Waals surface area (Å²) in [5, 5.41) is 0. The molecule has 6 nitrogen and oxygen atoms in total. The van der Waals surface area contributed by atoms with Gasteiger partial charge in [-0.15, -0.1) is 0 Å². The zero-order valence-corrected chi connectivity index (χ0v) is 14.4. The van der Waals surface area contributed by atoms with Crippen LogP contribution in [0.3, 0.4) is 0 Å². The summed E-state index contributed by atoms with van der Waals surface area (Å²) in [4.78, 5) is 35.7. The Hall–Kier alpha value is -2.43. The summed E-state index contributed by atoms with van der Waals surface area (Å²) in [6.07, 6.45) is 1.93. The Morgan fingerprint density at radius 3 is 2.76 bits per heavy atom. The molecule has 1 amide bonds. The Morgan fingerprint density at radius 1 is 1.36 bits per heavy atom. The van der Waals surface area contributed by atoms with E-state index < -0.39 is 11.7 Å². The largest absolute Gasteiger partial charge is 0.444 e. The van der Waals surface area contributed by atoms with Gasteiger partial charge in [0.2, 0.25) is 0 Å². The van der Waals surface area contributed by atoms with Crippen molar-refractivity contribution in [2.45, 2.75) is 44.8 Å². The van der Waals surface area contributed by atoms with Gasteiger partial charge in [0.05, 0.1) is 5.60 Å². The lowest BCUT2D eigenvalue weighted by Gasteiger charge is -2.41. The number of carbonyl (C=O) groups excluding carboxylic acids is 3. The first kappa shape index (κ1) is 18.9. The lowest BCUT2D eigenvalue weighted by molar-refractivity contribution is -0.111. The quantitative estimate of drug-likeness (QED) is 0.561. The summed E-state index contributed by atoms with van der Waals surface area (Å²) in [6, 6.07) is 9.34. The fourth-order valence-electron chi connectivity index (χ4n) is 3.07. The molecule has 1 unspecified atom stereocenters. The van der Waals surface area contributed by atoms with Crippen LogP contribution >= 0.6 is 0 Å². The van der Waals surface area contributed by atoms with Crippen molar-refractivity contribution in [2.24, 2.45) is 0 Å². The normalized spacial score (nSPS) is 20.0. The maximum atomic E-state index is 12.3. The van der Waals surface area contributed by atoms with Gasteiger partial charge in [0, 0.05) is 26.0 Å². The first-order chi connectivity index (χ1) is 12.1. The summed E-state index contributed by atoms with van der Waals surface area (Å²) in [6.45, 7) is 2.79. The number of hydrogen-bond donors (Lipinski definition) is 0. The monoisotopic (exact) mass is 345 g/mol. The topological polar surface area (TPSA) is 72.9 Å². The number of hydrogen-bond acceptors (Lipinski definition) is 5. The summed E-state index contributed by atoms with van der Waals surface area (Å²) in [7, 11) is 0.